The standard InChI is InChI=1S/C32H34ClN5O4/c1-2-17-38(28-11-7-4-8-12-28)30(39)21-37(20-24-13-15-26(33)16-14-24)31(40)29(18-27-19-34-23-35-27)36-32(41)42-22-25-9-5-3-6-10-25/h3-16,19,23,29H,2,17-18,20-22H2,1H3,(H,34,35)(H,36,41). The van der Waals surface area contributed by atoms with Crippen molar-refractivity contribution in [2.45, 2.75) is 39.0 Å². The van der Waals surface area contributed by atoms with Gasteiger partial charge in [0.25, 0.3) is 0 Å². The number of anilines is 1. The Hall–Kier alpha value is -4.63. The molecule has 0 bridgehead atoms. The van der Waals surface area contributed by atoms with E-state index in [1.807, 2.05) is 67.6 Å². The zero-order valence-corrected chi connectivity index (χ0v) is 24.2. The molecule has 0 aliphatic carbocycles. The third kappa shape index (κ3) is 8.94. The van der Waals surface area contributed by atoms with E-state index in [4.69, 9.17) is 16.3 Å². The van der Waals surface area contributed by atoms with Gasteiger partial charge in [0.1, 0.15) is 19.2 Å². The molecule has 9 nitrogen and oxygen atoms in total. The van der Waals surface area contributed by atoms with Crippen LogP contribution in [0.25, 0.3) is 0 Å². The van der Waals surface area contributed by atoms with Gasteiger partial charge in [-0.1, -0.05) is 79.2 Å². The number of amides is 3. The summed E-state index contributed by atoms with van der Waals surface area (Å²) in [7, 11) is 0. The summed E-state index contributed by atoms with van der Waals surface area (Å²) in [5, 5.41) is 3.27. The maximum atomic E-state index is 14.1. The van der Waals surface area contributed by atoms with Gasteiger partial charge in [0.05, 0.1) is 12.0 Å². The highest BCUT2D eigenvalue weighted by atomic mass is 35.5. The molecule has 2 N–H and O–H groups in total. The fourth-order valence-electron chi connectivity index (χ4n) is 4.44. The minimum absolute atomic E-state index is 0.0476. The number of rotatable bonds is 13. The summed E-state index contributed by atoms with van der Waals surface area (Å²) in [5.74, 6) is -0.682. The highest BCUT2D eigenvalue weighted by Crippen LogP contribution is 2.17. The molecule has 218 valence electrons. The quantitative estimate of drug-likeness (QED) is 0.219. The number of nitrogens with zero attached hydrogens (tertiary/aromatic N) is 3. The molecular weight excluding hydrogens is 554 g/mol. The molecule has 0 fully saturated rings. The molecule has 0 spiro atoms. The van der Waals surface area contributed by atoms with Gasteiger partial charge in [-0.2, -0.15) is 0 Å². The molecule has 0 radical (unpaired) electrons. The van der Waals surface area contributed by atoms with E-state index in [0.717, 1.165) is 23.2 Å². The van der Waals surface area contributed by atoms with Crippen LogP contribution >= 0.6 is 11.6 Å². The predicted octanol–water partition coefficient (Wildman–Crippen LogP) is 5.37. The number of alkyl carbamates (subject to hydrolysis) is 1. The van der Waals surface area contributed by atoms with Crippen LogP contribution < -0.4 is 10.2 Å². The molecule has 1 heterocycles. The fourth-order valence-corrected chi connectivity index (χ4v) is 4.57. The van der Waals surface area contributed by atoms with E-state index in [1.165, 1.54) is 11.2 Å². The van der Waals surface area contributed by atoms with Gasteiger partial charge in [0.15, 0.2) is 0 Å². The molecule has 1 unspecified atom stereocenters. The van der Waals surface area contributed by atoms with Crippen LogP contribution in [0.4, 0.5) is 10.5 Å². The lowest BCUT2D eigenvalue weighted by Crippen LogP contribution is -2.52. The molecule has 3 amide bonds. The Morgan fingerprint density at radius 1 is 0.952 bits per heavy atom. The van der Waals surface area contributed by atoms with Crippen LogP contribution in [0.2, 0.25) is 5.02 Å². The lowest BCUT2D eigenvalue weighted by molar-refractivity contribution is -0.137. The van der Waals surface area contributed by atoms with Crippen LogP contribution in [0.1, 0.15) is 30.2 Å². The Kier molecular flexibility index (Phi) is 11.1. The number of ether oxygens (including phenoxy) is 1. The van der Waals surface area contributed by atoms with Crippen LogP contribution in [-0.4, -0.2) is 51.9 Å². The molecular formula is C32H34ClN5O4. The zero-order valence-electron chi connectivity index (χ0n) is 23.4. The summed E-state index contributed by atoms with van der Waals surface area (Å²) >= 11 is 6.09. The Morgan fingerprint density at radius 3 is 2.29 bits per heavy atom. The molecule has 4 rings (SSSR count). The smallest absolute Gasteiger partial charge is 0.408 e. The number of para-hydroxylation sites is 1. The van der Waals surface area contributed by atoms with Crippen molar-refractivity contribution in [1.29, 1.82) is 0 Å². The second kappa shape index (κ2) is 15.4. The molecule has 3 aromatic carbocycles. The summed E-state index contributed by atoms with van der Waals surface area (Å²) in [5.41, 5.74) is 2.92. The fraction of sp³-hybridized carbons (Fsp3) is 0.250. The number of aromatic nitrogens is 2. The number of hydrogen-bond acceptors (Lipinski definition) is 5. The lowest BCUT2D eigenvalue weighted by Gasteiger charge is -2.30. The van der Waals surface area contributed by atoms with Crippen LogP contribution in [0.15, 0.2) is 97.5 Å². The van der Waals surface area contributed by atoms with Crippen molar-refractivity contribution < 1.29 is 19.1 Å². The summed E-state index contributed by atoms with van der Waals surface area (Å²) in [4.78, 5) is 50.9. The van der Waals surface area contributed by atoms with Crippen molar-refractivity contribution in [2.24, 2.45) is 0 Å². The van der Waals surface area contributed by atoms with Gasteiger partial charge < -0.3 is 24.8 Å². The third-order valence-electron chi connectivity index (χ3n) is 6.51. The van der Waals surface area contributed by atoms with Crippen molar-refractivity contribution in [2.75, 3.05) is 18.0 Å². The molecule has 42 heavy (non-hydrogen) atoms. The van der Waals surface area contributed by atoms with Gasteiger partial charge in [-0.05, 0) is 41.8 Å². The van der Waals surface area contributed by atoms with Crippen molar-refractivity contribution in [1.82, 2.24) is 20.2 Å². The average molecular weight is 588 g/mol. The van der Waals surface area contributed by atoms with Crippen molar-refractivity contribution in [3.63, 3.8) is 0 Å². The van der Waals surface area contributed by atoms with Crippen LogP contribution in [0.5, 0.6) is 0 Å². The van der Waals surface area contributed by atoms with Gasteiger partial charge in [-0.3, -0.25) is 9.59 Å². The molecule has 1 aromatic heterocycles. The van der Waals surface area contributed by atoms with E-state index in [-0.39, 0.29) is 32.0 Å². The average Bonchev–Trinajstić information content (AvgIpc) is 3.53. The second-order valence-electron chi connectivity index (χ2n) is 9.73. The minimum Gasteiger partial charge on any atom is -0.445 e. The van der Waals surface area contributed by atoms with Crippen LogP contribution in [-0.2, 0) is 33.9 Å². The summed E-state index contributed by atoms with van der Waals surface area (Å²) in [6, 6.07) is 24.6. The maximum Gasteiger partial charge on any atom is 0.408 e. The highest BCUT2D eigenvalue weighted by Gasteiger charge is 2.30. The van der Waals surface area contributed by atoms with E-state index in [2.05, 4.69) is 15.3 Å². The normalized spacial score (nSPS) is 11.4. The summed E-state index contributed by atoms with van der Waals surface area (Å²) < 4.78 is 5.41. The van der Waals surface area contributed by atoms with E-state index in [0.29, 0.717) is 17.3 Å². The SMILES string of the molecule is CCCN(C(=O)CN(Cc1ccc(Cl)cc1)C(=O)C(Cc1c[nH]cn1)NC(=O)OCc1ccccc1)c1ccccc1. The number of nitrogens with one attached hydrogen (secondary N) is 2. The van der Waals surface area contributed by atoms with Gasteiger partial charge in [0, 0.05) is 36.4 Å². The van der Waals surface area contributed by atoms with E-state index in [9.17, 15) is 14.4 Å². The number of H-pyrrole nitrogens is 1. The molecule has 4 aromatic rings. The largest absolute Gasteiger partial charge is 0.445 e. The molecule has 0 aliphatic heterocycles. The topological polar surface area (TPSA) is 108 Å². The first-order valence-electron chi connectivity index (χ1n) is 13.8. The van der Waals surface area contributed by atoms with E-state index >= 15 is 0 Å². The first-order valence-corrected chi connectivity index (χ1v) is 14.1. The second-order valence-corrected chi connectivity index (χ2v) is 10.2. The lowest BCUT2D eigenvalue weighted by atomic mass is 10.1. The number of carbonyl (C=O) groups excluding carboxylic acids is 3. The van der Waals surface area contributed by atoms with Crippen LogP contribution in [0.3, 0.4) is 0 Å². The number of hydrogen-bond donors (Lipinski definition) is 2. The maximum absolute atomic E-state index is 14.1. The Morgan fingerprint density at radius 2 is 1.64 bits per heavy atom. The highest BCUT2D eigenvalue weighted by molar-refractivity contribution is 6.30. The van der Waals surface area contributed by atoms with Crippen molar-refractivity contribution in [3.8, 4) is 0 Å². The number of benzene rings is 3. The number of imidazole rings is 1. The molecule has 1 atom stereocenters. The number of halogens is 1. The molecule has 10 heteroatoms. The first kappa shape index (κ1) is 30.3. The first-order chi connectivity index (χ1) is 20.4. The number of aromatic amines is 1. The Labute approximate surface area is 250 Å². The molecule has 0 aliphatic rings. The van der Waals surface area contributed by atoms with E-state index < -0.39 is 18.0 Å². The van der Waals surface area contributed by atoms with Gasteiger partial charge >= 0.3 is 6.09 Å². The zero-order chi connectivity index (χ0) is 29.7. The van der Waals surface area contributed by atoms with Crippen molar-refractivity contribution in [3.05, 3.63) is 119 Å². The summed E-state index contributed by atoms with van der Waals surface area (Å²) in [6.07, 6.45) is 3.25. The predicted molar refractivity (Wildman–Crippen MR) is 162 cm³/mol. The van der Waals surface area contributed by atoms with Gasteiger partial charge in [-0.15, -0.1) is 0 Å². The van der Waals surface area contributed by atoms with Crippen LogP contribution in [0, 0.1) is 0 Å². The van der Waals surface area contributed by atoms with Gasteiger partial charge in [-0.25, -0.2) is 9.78 Å². The monoisotopic (exact) mass is 587 g/mol. The Balaban J connectivity index is 1.57. The minimum atomic E-state index is -1.03. The third-order valence-corrected chi connectivity index (χ3v) is 6.76. The van der Waals surface area contributed by atoms with Crippen molar-refractivity contribution >= 4 is 35.2 Å². The molecule has 0 saturated carbocycles. The van der Waals surface area contributed by atoms with E-state index in [1.54, 1.807) is 35.4 Å². The Bertz CT molecular complexity index is 1420. The summed E-state index contributed by atoms with van der Waals surface area (Å²) in [6.45, 7) is 2.46. The molecule has 0 saturated heterocycles. The number of carbonyl (C=O) groups is 3. The van der Waals surface area contributed by atoms with Gasteiger partial charge in [0.2, 0.25) is 11.8 Å².